The fourth-order valence-electron chi connectivity index (χ4n) is 1.94. The van der Waals surface area contributed by atoms with Gasteiger partial charge in [0.15, 0.2) is 0 Å². The van der Waals surface area contributed by atoms with Gasteiger partial charge in [-0.05, 0) is 18.4 Å². The summed E-state index contributed by atoms with van der Waals surface area (Å²) in [5.41, 5.74) is 0.643. The molecule has 0 spiro atoms. The molecule has 1 aliphatic rings. The number of rotatable bonds is 6. The molecule has 0 unspecified atom stereocenters. The Bertz CT molecular complexity index is 766. The molecular weight excluding hydrogens is 306 g/mol. The van der Waals surface area contributed by atoms with E-state index >= 15 is 0 Å². The molecule has 22 heavy (non-hydrogen) atoms. The van der Waals surface area contributed by atoms with Crippen molar-refractivity contribution in [2.24, 2.45) is 5.92 Å². The van der Waals surface area contributed by atoms with Gasteiger partial charge in [0.1, 0.15) is 0 Å². The van der Waals surface area contributed by atoms with E-state index in [1.54, 1.807) is 24.3 Å². The third-order valence-corrected chi connectivity index (χ3v) is 4.69. The van der Waals surface area contributed by atoms with Gasteiger partial charge in [0.05, 0.1) is 12.3 Å². The summed E-state index contributed by atoms with van der Waals surface area (Å²) in [6.07, 6.45) is 1.79. The maximum atomic E-state index is 12.2. The number of hydrogen-bond donors (Lipinski definition) is 1. The van der Waals surface area contributed by atoms with Gasteiger partial charge in [0, 0.05) is 5.92 Å². The van der Waals surface area contributed by atoms with E-state index in [1.165, 1.54) is 0 Å². The van der Waals surface area contributed by atoms with E-state index in [1.807, 2.05) is 6.07 Å². The normalized spacial score (nSPS) is 14.7. The van der Waals surface area contributed by atoms with Gasteiger partial charge in [-0.25, -0.2) is 8.42 Å². The van der Waals surface area contributed by atoms with E-state index in [0.29, 0.717) is 5.56 Å². The van der Waals surface area contributed by atoms with Crippen molar-refractivity contribution < 1.29 is 17.6 Å². The van der Waals surface area contributed by atoms with Crippen LogP contribution >= 0.6 is 0 Å². The lowest BCUT2D eigenvalue weighted by Crippen LogP contribution is -2.24. The molecule has 1 amide bonds. The Balaban J connectivity index is 1.65. The van der Waals surface area contributed by atoms with Crippen LogP contribution in [0, 0.1) is 5.92 Å². The van der Waals surface area contributed by atoms with Crippen molar-refractivity contribution in [3.63, 3.8) is 0 Å². The lowest BCUT2D eigenvalue weighted by atomic mass is 10.2. The Kier molecular flexibility index (Phi) is 3.93. The van der Waals surface area contributed by atoms with Crippen LogP contribution in [0.15, 0.2) is 40.0 Å². The second-order valence-corrected chi connectivity index (χ2v) is 7.07. The lowest BCUT2D eigenvalue weighted by Gasteiger charge is -2.00. The minimum atomic E-state index is -3.69. The number of benzene rings is 1. The predicted molar refractivity (Wildman–Crippen MR) is 76.2 cm³/mol. The zero-order chi connectivity index (χ0) is 15.6. The van der Waals surface area contributed by atoms with Gasteiger partial charge in [-0.2, -0.15) is 0 Å². The predicted octanol–water partition coefficient (Wildman–Crippen LogP) is 1.07. The maximum absolute atomic E-state index is 12.2. The fraction of sp³-hybridized carbons (Fsp3) is 0.357. The Morgan fingerprint density at radius 2 is 1.95 bits per heavy atom. The van der Waals surface area contributed by atoms with Crippen LogP contribution in [0.2, 0.25) is 0 Å². The first-order valence-electron chi connectivity index (χ1n) is 6.91. The van der Waals surface area contributed by atoms with Crippen molar-refractivity contribution in [2.45, 2.75) is 30.4 Å². The highest BCUT2D eigenvalue weighted by atomic mass is 32.2. The molecule has 3 rings (SSSR count). The standard InChI is InChI=1S/C14H15N3O4S/c18-13(11-6-7-11)15-8-12-16-17-14(21-12)22(19,20)9-10-4-2-1-3-5-10/h1-5,11H,6-9H2,(H,15,18). The van der Waals surface area contributed by atoms with Crippen molar-refractivity contribution in [1.82, 2.24) is 15.5 Å². The first-order chi connectivity index (χ1) is 10.5. The summed E-state index contributed by atoms with van der Waals surface area (Å²) in [6.45, 7) is 0.0448. The molecule has 1 aromatic carbocycles. The van der Waals surface area contributed by atoms with Crippen molar-refractivity contribution >= 4 is 15.7 Å². The Morgan fingerprint density at radius 3 is 2.64 bits per heavy atom. The molecular formula is C14H15N3O4S. The van der Waals surface area contributed by atoms with Gasteiger partial charge in [-0.1, -0.05) is 35.4 Å². The third kappa shape index (κ3) is 3.51. The van der Waals surface area contributed by atoms with Gasteiger partial charge in [0.25, 0.3) is 0 Å². The zero-order valence-electron chi connectivity index (χ0n) is 11.7. The molecule has 1 aromatic heterocycles. The van der Waals surface area contributed by atoms with Gasteiger partial charge in [-0.15, -0.1) is 5.10 Å². The number of hydrogen-bond acceptors (Lipinski definition) is 6. The lowest BCUT2D eigenvalue weighted by molar-refractivity contribution is -0.122. The van der Waals surface area contributed by atoms with Crippen molar-refractivity contribution in [2.75, 3.05) is 0 Å². The van der Waals surface area contributed by atoms with E-state index < -0.39 is 15.1 Å². The quantitative estimate of drug-likeness (QED) is 0.854. The van der Waals surface area contributed by atoms with Gasteiger partial charge in [0.2, 0.25) is 21.6 Å². The zero-order valence-corrected chi connectivity index (χ0v) is 12.5. The number of aromatic nitrogens is 2. The second-order valence-electron chi connectivity index (χ2n) is 5.20. The van der Waals surface area contributed by atoms with Crippen molar-refractivity contribution in [3.8, 4) is 0 Å². The van der Waals surface area contributed by atoms with E-state index in [0.717, 1.165) is 12.8 Å². The minimum Gasteiger partial charge on any atom is -0.411 e. The smallest absolute Gasteiger partial charge is 0.335 e. The monoisotopic (exact) mass is 321 g/mol. The summed E-state index contributed by atoms with van der Waals surface area (Å²) < 4.78 is 29.5. The Labute approximate surface area is 127 Å². The van der Waals surface area contributed by atoms with Gasteiger partial charge >= 0.3 is 5.22 Å². The SMILES string of the molecule is O=C(NCc1nnc(S(=O)(=O)Cc2ccccc2)o1)C1CC1. The first kappa shape index (κ1) is 14.7. The van der Waals surface area contributed by atoms with Crippen LogP contribution in [0.5, 0.6) is 0 Å². The number of nitrogens with zero attached hydrogens (tertiary/aromatic N) is 2. The minimum absolute atomic E-state index is 0.0448. The summed E-state index contributed by atoms with van der Waals surface area (Å²) in [4.78, 5) is 11.5. The summed E-state index contributed by atoms with van der Waals surface area (Å²) in [7, 11) is -3.69. The molecule has 0 bridgehead atoms. The van der Waals surface area contributed by atoms with Crippen LogP contribution in [0.3, 0.4) is 0 Å². The topological polar surface area (TPSA) is 102 Å². The van der Waals surface area contributed by atoms with Crippen LogP contribution in [0.1, 0.15) is 24.3 Å². The number of nitrogens with one attached hydrogen (secondary N) is 1. The van der Waals surface area contributed by atoms with Crippen LogP contribution in [-0.4, -0.2) is 24.5 Å². The van der Waals surface area contributed by atoms with E-state index in [9.17, 15) is 13.2 Å². The molecule has 116 valence electrons. The molecule has 1 aliphatic carbocycles. The Morgan fingerprint density at radius 1 is 1.23 bits per heavy atom. The molecule has 0 saturated heterocycles. The summed E-state index contributed by atoms with van der Waals surface area (Å²) in [5, 5.41) is 9.45. The average Bonchev–Trinajstić information content (AvgIpc) is 3.23. The van der Waals surface area contributed by atoms with Crippen LogP contribution < -0.4 is 5.32 Å². The summed E-state index contributed by atoms with van der Waals surface area (Å²) in [5.74, 6) is -0.110. The van der Waals surface area contributed by atoms with Gasteiger partial charge in [-0.3, -0.25) is 4.79 Å². The van der Waals surface area contributed by atoms with Crippen LogP contribution in [0.25, 0.3) is 0 Å². The molecule has 0 atom stereocenters. The molecule has 8 heteroatoms. The highest BCUT2D eigenvalue weighted by Gasteiger charge is 2.30. The molecule has 1 saturated carbocycles. The third-order valence-electron chi connectivity index (χ3n) is 3.28. The van der Waals surface area contributed by atoms with E-state index in [4.69, 9.17) is 4.42 Å². The molecule has 1 heterocycles. The number of sulfone groups is 1. The van der Waals surface area contributed by atoms with E-state index in [-0.39, 0.29) is 30.0 Å². The average molecular weight is 321 g/mol. The molecule has 7 nitrogen and oxygen atoms in total. The second kappa shape index (κ2) is 5.88. The highest BCUT2D eigenvalue weighted by molar-refractivity contribution is 7.90. The maximum Gasteiger partial charge on any atom is 0.335 e. The number of carbonyl (C=O) groups is 1. The Hall–Kier alpha value is -2.22. The highest BCUT2D eigenvalue weighted by Crippen LogP contribution is 2.28. The van der Waals surface area contributed by atoms with Crippen LogP contribution in [-0.2, 0) is 26.9 Å². The molecule has 0 radical (unpaired) electrons. The molecule has 0 aliphatic heterocycles. The van der Waals surface area contributed by atoms with Crippen molar-refractivity contribution in [1.29, 1.82) is 0 Å². The van der Waals surface area contributed by atoms with Crippen LogP contribution in [0.4, 0.5) is 0 Å². The fourth-order valence-corrected chi connectivity index (χ4v) is 3.09. The van der Waals surface area contributed by atoms with Crippen molar-refractivity contribution in [3.05, 3.63) is 41.8 Å². The van der Waals surface area contributed by atoms with Gasteiger partial charge < -0.3 is 9.73 Å². The summed E-state index contributed by atoms with van der Waals surface area (Å²) >= 11 is 0. The van der Waals surface area contributed by atoms with E-state index in [2.05, 4.69) is 15.5 Å². The number of carbonyl (C=O) groups excluding carboxylic acids is 1. The summed E-state index contributed by atoms with van der Waals surface area (Å²) in [6, 6.07) is 8.76. The molecule has 1 fully saturated rings. The number of amides is 1. The largest absolute Gasteiger partial charge is 0.411 e. The molecule has 1 N–H and O–H groups in total. The first-order valence-corrected chi connectivity index (χ1v) is 8.56. The molecule has 2 aromatic rings.